The summed E-state index contributed by atoms with van der Waals surface area (Å²) < 4.78 is 0. The van der Waals surface area contributed by atoms with Crippen LogP contribution in [0.4, 0.5) is 0 Å². The van der Waals surface area contributed by atoms with Crippen molar-refractivity contribution in [1.82, 2.24) is 15.2 Å². The van der Waals surface area contributed by atoms with E-state index in [1.807, 2.05) is 20.2 Å². The first kappa shape index (κ1) is 11.1. The van der Waals surface area contributed by atoms with Crippen LogP contribution in [0.3, 0.4) is 0 Å². The van der Waals surface area contributed by atoms with E-state index >= 15 is 0 Å². The summed E-state index contributed by atoms with van der Waals surface area (Å²) in [6.45, 7) is 2.99. The van der Waals surface area contributed by atoms with Gasteiger partial charge < -0.3 is 10.2 Å². The highest BCUT2D eigenvalue weighted by Crippen LogP contribution is 2.11. The number of aryl methyl sites for hydroxylation is 1. The molecular formula is C11H19N3. The van der Waals surface area contributed by atoms with Crippen LogP contribution in [0.2, 0.25) is 0 Å². The Labute approximate surface area is 86.2 Å². The third-order valence-electron chi connectivity index (χ3n) is 2.23. The van der Waals surface area contributed by atoms with Gasteiger partial charge in [0.2, 0.25) is 0 Å². The van der Waals surface area contributed by atoms with Gasteiger partial charge >= 0.3 is 0 Å². The van der Waals surface area contributed by atoms with Crippen LogP contribution < -0.4 is 5.32 Å². The molecule has 14 heavy (non-hydrogen) atoms. The molecule has 0 aliphatic carbocycles. The zero-order valence-corrected chi connectivity index (χ0v) is 9.41. The van der Waals surface area contributed by atoms with Crippen molar-refractivity contribution < 1.29 is 0 Å². The van der Waals surface area contributed by atoms with Crippen LogP contribution in [0.5, 0.6) is 0 Å². The summed E-state index contributed by atoms with van der Waals surface area (Å²) in [6, 6.07) is 4.54. The van der Waals surface area contributed by atoms with Crippen molar-refractivity contribution in [3.8, 4) is 0 Å². The van der Waals surface area contributed by atoms with Crippen LogP contribution in [-0.4, -0.2) is 37.6 Å². The minimum Gasteiger partial charge on any atom is -0.312 e. The first-order chi connectivity index (χ1) is 6.63. The molecule has 0 spiro atoms. The largest absolute Gasteiger partial charge is 0.312 e. The monoisotopic (exact) mass is 193 g/mol. The summed E-state index contributed by atoms with van der Waals surface area (Å²) in [5.74, 6) is 0. The molecule has 1 atom stereocenters. The smallest absolute Gasteiger partial charge is 0.0461 e. The molecule has 0 radical (unpaired) electrons. The normalized spacial score (nSPS) is 13.2. The molecule has 0 fully saturated rings. The lowest BCUT2D eigenvalue weighted by atomic mass is 10.1. The molecule has 0 saturated heterocycles. The van der Waals surface area contributed by atoms with Gasteiger partial charge in [0.05, 0.1) is 0 Å². The fraction of sp³-hybridized carbons (Fsp3) is 0.545. The molecule has 3 nitrogen and oxygen atoms in total. The second-order valence-corrected chi connectivity index (χ2v) is 3.84. The zero-order valence-electron chi connectivity index (χ0n) is 9.41. The maximum Gasteiger partial charge on any atom is 0.0461 e. The highest BCUT2D eigenvalue weighted by molar-refractivity contribution is 5.17. The maximum atomic E-state index is 4.30. The lowest BCUT2D eigenvalue weighted by molar-refractivity contribution is 0.352. The topological polar surface area (TPSA) is 28.2 Å². The Balaban J connectivity index is 2.73. The summed E-state index contributed by atoms with van der Waals surface area (Å²) in [4.78, 5) is 6.46. The van der Waals surface area contributed by atoms with Crippen molar-refractivity contribution in [3.05, 3.63) is 29.6 Å². The van der Waals surface area contributed by atoms with Gasteiger partial charge in [0.15, 0.2) is 0 Å². The number of aromatic nitrogens is 1. The maximum absolute atomic E-state index is 4.30. The van der Waals surface area contributed by atoms with Crippen LogP contribution in [-0.2, 0) is 0 Å². The van der Waals surface area contributed by atoms with E-state index in [-0.39, 0.29) is 0 Å². The quantitative estimate of drug-likeness (QED) is 0.779. The predicted molar refractivity (Wildman–Crippen MR) is 59.3 cm³/mol. The van der Waals surface area contributed by atoms with Crippen LogP contribution in [0.15, 0.2) is 18.3 Å². The number of nitrogens with one attached hydrogen (secondary N) is 1. The molecule has 78 valence electrons. The van der Waals surface area contributed by atoms with Crippen LogP contribution in [0, 0.1) is 6.92 Å². The first-order valence-corrected chi connectivity index (χ1v) is 4.88. The Morgan fingerprint density at radius 2 is 2.14 bits per heavy atom. The van der Waals surface area contributed by atoms with Gasteiger partial charge in [0, 0.05) is 24.5 Å². The van der Waals surface area contributed by atoms with Crippen LogP contribution >= 0.6 is 0 Å². The van der Waals surface area contributed by atoms with Gasteiger partial charge in [-0.25, -0.2) is 0 Å². The number of rotatable bonds is 4. The van der Waals surface area contributed by atoms with Crippen molar-refractivity contribution in [2.45, 2.75) is 13.0 Å². The number of nitrogens with zero attached hydrogens (tertiary/aromatic N) is 2. The van der Waals surface area contributed by atoms with Crippen molar-refractivity contribution >= 4 is 0 Å². The second kappa shape index (κ2) is 5.08. The van der Waals surface area contributed by atoms with Gasteiger partial charge in [0.25, 0.3) is 0 Å². The van der Waals surface area contributed by atoms with E-state index in [0.29, 0.717) is 6.04 Å². The Bertz CT molecular complexity index is 266. The van der Waals surface area contributed by atoms with E-state index in [4.69, 9.17) is 0 Å². The molecule has 1 aromatic rings. The van der Waals surface area contributed by atoms with Gasteiger partial charge in [-0.05, 0) is 39.7 Å². The van der Waals surface area contributed by atoms with E-state index in [1.54, 1.807) is 0 Å². The third kappa shape index (κ3) is 3.09. The average Bonchev–Trinajstić information content (AvgIpc) is 2.15. The highest BCUT2D eigenvalue weighted by Gasteiger charge is 2.09. The molecule has 0 aliphatic rings. The standard InChI is InChI=1S/C11H19N3/c1-9-5-6-10(7-13-9)11(12-2)8-14(3)4/h5-7,11-12H,8H2,1-4H3. The summed E-state index contributed by atoms with van der Waals surface area (Å²) >= 11 is 0. The Kier molecular flexibility index (Phi) is 4.04. The fourth-order valence-corrected chi connectivity index (χ4v) is 1.41. The van der Waals surface area contributed by atoms with Crippen molar-refractivity contribution in [2.24, 2.45) is 0 Å². The lowest BCUT2D eigenvalue weighted by Gasteiger charge is -2.20. The van der Waals surface area contributed by atoms with Gasteiger partial charge in [-0.2, -0.15) is 0 Å². The average molecular weight is 193 g/mol. The number of hydrogen-bond acceptors (Lipinski definition) is 3. The van der Waals surface area contributed by atoms with Crippen molar-refractivity contribution in [1.29, 1.82) is 0 Å². The van der Waals surface area contributed by atoms with Gasteiger partial charge in [0.1, 0.15) is 0 Å². The predicted octanol–water partition coefficient (Wildman–Crippen LogP) is 1.21. The SMILES string of the molecule is CNC(CN(C)C)c1ccc(C)nc1. The van der Waals surface area contributed by atoms with Gasteiger partial charge in [-0.15, -0.1) is 0 Å². The minimum atomic E-state index is 0.359. The van der Waals surface area contributed by atoms with E-state index in [9.17, 15) is 0 Å². The molecule has 1 rings (SSSR count). The summed E-state index contributed by atoms with van der Waals surface area (Å²) in [7, 11) is 6.13. The fourth-order valence-electron chi connectivity index (χ4n) is 1.41. The summed E-state index contributed by atoms with van der Waals surface area (Å²) in [6.07, 6.45) is 1.94. The summed E-state index contributed by atoms with van der Waals surface area (Å²) in [5.41, 5.74) is 2.31. The van der Waals surface area contributed by atoms with Gasteiger partial charge in [-0.3, -0.25) is 4.98 Å². The highest BCUT2D eigenvalue weighted by atomic mass is 15.1. The molecule has 0 bridgehead atoms. The Hall–Kier alpha value is -0.930. The van der Waals surface area contributed by atoms with Crippen molar-refractivity contribution in [2.75, 3.05) is 27.7 Å². The zero-order chi connectivity index (χ0) is 10.6. The lowest BCUT2D eigenvalue weighted by Crippen LogP contribution is -2.28. The first-order valence-electron chi connectivity index (χ1n) is 4.88. The van der Waals surface area contributed by atoms with Crippen LogP contribution in [0.25, 0.3) is 0 Å². The Morgan fingerprint density at radius 1 is 1.43 bits per heavy atom. The van der Waals surface area contributed by atoms with Gasteiger partial charge in [-0.1, -0.05) is 6.07 Å². The molecule has 1 unspecified atom stereocenters. The molecule has 0 aliphatic heterocycles. The number of pyridine rings is 1. The Morgan fingerprint density at radius 3 is 2.57 bits per heavy atom. The summed E-state index contributed by atoms with van der Waals surface area (Å²) in [5, 5.41) is 3.29. The molecule has 1 aromatic heterocycles. The molecule has 0 amide bonds. The number of hydrogen-bond donors (Lipinski definition) is 1. The minimum absolute atomic E-state index is 0.359. The molecule has 1 heterocycles. The van der Waals surface area contributed by atoms with Crippen LogP contribution in [0.1, 0.15) is 17.3 Å². The second-order valence-electron chi connectivity index (χ2n) is 3.84. The molecular weight excluding hydrogens is 174 g/mol. The van der Waals surface area contributed by atoms with Crippen molar-refractivity contribution in [3.63, 3.8) is 0 Å². The van der Waals surface area contributed by atoms with E-state index in [0.717, 1.165) is 12.2 Å². The molecule has 1 N–H and O–H groups in total. The van der Waals surface area contributed by atoms with E-state index in [2.05, 4.69) is 41.4 Å². The molecule has 3 heteroatoms. The van der Waals surface area contributed by atoms with E-state index in [1.165, 1.54) is 5.56 Å². The number of likely N-dealkylation sites (N-methyl/N-ethyl adjacent to an activating group) is 2. The molecule has 0 saturated carbocycles. The third-order valence-corrected chi connectivity index (χ3v) is 2.23. The van der Waals surface area contributed by atoms with E-state index < -0.39 is 0 Å². The molecule has 0 aromatic carbocycles.